The van der Waals surface area contributed by atoms with Gasteiger partial charge in [-0.1, -0.05) is 24.3 Å². The molecule has 0 spiro atoms. The third-order valence-electron chi connectivity index (χ3n) is 4.46. The average molecular weight is 508 g/mol. The molecule has 1 heterocycles. The van der Waals surface area contributed by atoms with Crippen molar-refractivity contribution in [1.82, 2.24) is 10.3 Å². The van der Waals surface area contributed by atoms with Gasteiger partial charge in [0.2, 0.25) is 15.9 Å². The number of anilines is 3. The molecule has 0 aliphatic heterocycles. The average Bonchev–Trinajstić information content (AvgIpc) is 2.77. The molecule has 0 bridgehead atoms. The molecule has 7 nitrogen and oxygen atoms in total. The van der Waals surface area contributed by atoms with Gasteiger partial charge in [-0.3, -0.25) is 9.52 Å². The van der Waals surface area contributed by atoms with Crippen molar-refractivity contribution >= 4 is 39.2 Å². The normalized spacial score (nSPS) is 11.9. The first-order chi connectivity index (χ1) is 16.4. The van der Waals surface area contributed by atoms with Crippen molar-refractivity contribution in [2.24, 2.45) is 0 Å². The Labute approximate surface area is 198 Å². The number of para-hydroxylation sites is 1. The van der Waals surface area contributed by atoms with Crippen LogP contribution in [0.1, 0.15) is 16.8 Å². The van der Waals surface area contributed by atoms with E-state index < -0.39 is 33.6 Å². The van der Waals surface area contributed by atoms with Crippen molar-refractivity contribution in [2.75, 3.05) is 16.3 Å². The number of hydrogen-bond donors (Lipinski definition) is 3. The zero-order valence-electron chi connectivity index (χ0n) is 18.2. The lowest BCUT2D eigenvalue weighted by atomic mass is 10.2. The van der Waals surface area contributed by atoms with Crippen LogP contribution in [-0.2, 0) is 27.5 Å². The third kappa shape index (κ3) is 7.81. The molecule has 0 aliphatic rings. The van der Waals surface area contributed by atoms with E-state index in [1.165, 1.54) is 24.3 Å². The summed E-state index contributed by atoms with van der Waals surface area (Å²) < 4.78 is 77.9. The fourth-order valence-electron chi connectivity index (χ4n) is 2.89. The molecule has 3 rings (SSSR count). The van der Waals surface area contributed by atoms with Gasteiger partial charge in [-0.05, 0) is 48.0 Å². The van der Waals surface area contributed by atoms with Crippen LogP contribution in [0, 0.1) is 5.82 Å². The number of amides is 1. The summed E-state index contributed by atoms with van der Waals surface area (Å²) in [5, 5.41) is 5.33. The molecule has 12 heteroatoms. The molecule has 0 unspecified atom stereocenters. The van der Waals surface area contributed by atoms with Gasteiger partial charge in [0, 0.05) is 23.9 Å². The van der Waals surface area contributed by atoms with Crippen molar-refractivity contribution in [2.45, 2.75) is 12.7 Å². The number of pyridine rings is 1. The first-order valence-electron chi connectivity index (χ1n) is 10.0. The van der Waals surface area contributed by atoms with Gasteiger partial charge >= 0.3 is 6.18 Å². The Balaban J connectivity index is 1.71. The van der Waals surface area contributed by atoms with E-state index in [0.29, 0.717) is 11.3 Å². The van der Waals surface area contributed by atoms with Crippen LogP contribution in [0.3, 0.4) is 0 Å². The molecule has 0 saturated heterocycles. The highest BCUT2D eigenvalue weighted by Crippen LogP contribution is 2.31. The van der Waals surface area contributed by atoms with E-state index in [0.717, 1.165) is 24.5 Å². The lowest BCUT2D eigenvalue weighted by Gasteiger charge is -2.12. The number of carbonyl (C=O) groups excluding carboxylic acids is 1. The molecule has 1 aromatic heterocycles. The van der Waals surface area contributed by atoms with Crippen LogP contribution in [0.5, 0.6) is 0 Å². The molecule has 0 radical (unpaired) electrons. The lowest BCUT2D eigenvalue weighted by molar-refractivity contribution is -0.141. The van der Waals surface area contributed by atoms with E-state index in [2.05, 4.69) is 15.6 Å². The lowest BCUT2D eigenvalue weighted by Crippen LogP contribution is -2.20. The second-order valence-electron chi connectivity index (χ2n) is 7.36. The van der Waals surface area contributed by atoms with Crippen molar-refractivity contribution < 1.29 is 30.8 Å². The van der Waals surface area contributed by atoms with Crippen molar-refractivity contribution in [3.05, 3.63) is 89.4 Å². The van der Waals surface area contributed by atoms with E-state index in [1.807, 2.05) is 4.72 Å². The zero-order valence-corrected chi connectivity index (χ0v) is 19.0. The summed E-state index contributed by atoms with van der Waals surface area (Å²) in [5.41, 5.74) is -0.205. The van der Waals surface area contributed by atoms with E-state index >= 15 is 0 Å². The van der Waals surface area contributed by atoms with Crippen LogP contribution >= 0.6 is 0 Å². The molecule has 0 atom stereocenters. The Morgan fingerprint density at radius 3 is 2.40 bits per heavy atom. The van der Waals surface area contributed by atoms with Gasteiger partial charge in [0.1, 0.15) is 17.3 Å². The number of benzene rings is 2. The minimum Gasteiger partial charge on any atom is -0.348 e. The smallest absolute Gasteiger partial charge is 0.348 e. The molecule has 0 aliphatic carbocycles. The summed E-state index contributed by atoms with van der Waals surface area (Å²) in [5.74, 6) is -1.49. The molecule has 3 N–H and O–H groups in total. The predicted octanol–water partition coefficient (Wildman–Crippen LogP) is 4.68. The van der Waals surface area contributed by atoms with Crippen LogP contribution in [0.2, 0.25) is 0 Å². The Hall–Kier alpha value is -3.93. The van der Waals surface area contributed by atoms with Crippen LogP contribution < -0.4 is 15.4 Å². The summed E-state index contributed by atoms with van der Waals surface area (Å²) in [6, 6.07) is 14.2. The van der Waals surface area contributed by atoms with E-state index in [1.54, 1.807) is 30.3 Å². The Morgan fingerprint density at radius 1 is 1.06 bits per heavy atom. The van der Waals surface area contributed by atoms with Crippen molar-refractivity contribution in [3.8, 4) is 0 Å². The molecular formula is C23H20F4N4O3S. The molecule has 2 aromatic carbocycles. The second kappa shape index (κ2) is 10.6. The summed E-state index contributed by atoms with van der Waals surface area (Å²) >= 11 is 0. The maximum absolute atomic E-state index is 14.1. The van der Waals surface area contributed by atoms with Gasteiger partial charge in [0.15, 0.2) is 0 Å². The van der Waals surface area contributed by atoms with Gasteiger partial charge in [-0.25, -0.2) is 17.8 Å². The molecule has 0 saturated carbocycles. The van der Waals surface area contributed by atoms with Crippen molar-refractivity contribution in [3.63, 3.8) is 0 Å². The maximum Gasteiger partial charge on any atom is 0.433 e. The van der Waals surface area contributed by atoms with E-state index in [-0.39, 0.29) is 23.6 Å². The molecule has 35 heavy (non-hydrogen) atoms. The Bertz CT molecular complexity index is 1340. The van der Waals surface area contributed by atoms with Gasteiger partial charge < -0.3 is 10.6 Å². The Kier molecular flexibility index (Phi) is 7.75. The summed E-state index contributed by atoms with van der Waals surface area (Å²) in [7, 11) is -3.65. The SMILES string of the molecule is CS(=O)(=O)Nc1ccc(CNC(=O)/C=C\c2ccc(C(F)(F)F)nc2Nc2ccccc2)cc1F. The van der Waals surface area contributed by atoms with Crippen molar-refractivity contribution in [1.29, 1.82) is 0 Å². The van der Waals surface area contributed by atoms with Crippen LogP contribution in [0.25, 0.3) is 6.08 Å². The first-order valence-corrected chi connectivity index (χ1v) is 11.9. The largest absolute Gasteiger partial charge is 0.433 e. The molecular weight excluding hydrogens is 488 g/mol. The number of aromatic nitrogens is 1. The topological polar surface area (TPSA) is 100 Å². The molecule has 1 amide bonds. The highest BCUT2D eigenvalue weighted by Gasteiger charge is 2.33. The molecule has 0 fully saturated rings. The highest BCUT2D eigenvalue weighted by molar-refractivity contribution is 7.92. The van der Waals surface area contributed by atoms with Gasteiger partial charge in [0.25, 0.3) is 0 Å². The standard InChI is InChI=1S/C23H20F4N4O3S/c1-35(33,34)31-19-10-7-15(13-18(19)24)14-28-21(32)12-9-16-8-11-20(23(25,26)27)30-22(16)29-17-5-3-2-4-6-17/h2-13,31H,14H2,1H3,(H,28,32)(H,29,30)/b12-9-. The zero-order chi connectivity index (χ0) is 25.6. The number of hydrogen-bond acceptors (Lipinski definition) is 5. The Morgan fingerprint density at radius 2 is 1.77 bits per heavy atom. The fraction of sp³-hybridized carbons (Fsp3) is 0.130. The quantitative estimate of drug-likeness (QED) is 0.303. The number of carbonyl (C=O) groups is 1. The monoisotopic (exact) mass is 508 g/mol. The fourth-order valence-corrected chi connectivity index (χ4v) is 3.45. The number of nitrogens with one attached hydrogen (secondary N) is 3. The number of halogens is 4. The van der Waals surface area contributed by atoms with Gasteiger partial charge in [-0.2, -0.15) is 13.2 Å². The number of nitrogens with zero attached hydrogens (tertiary/aromatic N) is 1. The van der Waals surface area contributed by atoms with Gasteiger partial charge in [-0.15, -0.1) is 0 Å². The summed E-state index contributed by atoms with van der Waals surface area (Å²) in [4.78, 5) is 15.9. The second-order valence-corrected chi connectivity index (χ2v) is 9.11. The summed E-state index contributed by atoms with van der Waals surface area (Å²) in [6.07, 6.45) is -1.35. The van der Waals surface area contributed by atoms with Crippen LogP contribution in [0.4, 0.5) is 34.8 Å². The highest BCUT2D eigenvalue weighted by atomic mass is 32.2. The summed E-state index contributed by atoms with van der Waals surface area (Å²) in [6.45, 7) is -0.0698. The van der Waals surface area contributed by atoms with Gasteiger partial charge in [0.05, 0.1) is 11.9 Å². The number of sulfonamides is 1. The number of alkyl halides is 3. The van der Waals surface area contributed by atoms with Crippen LogP contribution in [0.15, 0.2) is 66.7 Å². The minimum absolute atomic E-state index is 0.0698. The number of rotatable bonds is 8. The maximum atomic E-state index is 14.1. The first kappa shape index (κ1) is 25.7. The third-order valence-corrected chi connectivity index (χ3v) is 5.05. The van der Waals surface area contributed by atoms with E-state index in [4.69, 9.17) is 0 Å². The van der Waals surface area contributed by atoms with E-state index in [9.17, 15) is 30.8 Å². The minimum atomic E-state index is -4.64. The molecule has 184 valence electrons. The molecule has 3 aromatic rings. The predicted molar refractivity (Wildman–Crippen MR) is 125 cm³/mol. The van der Waals surface area contributed by atoms with Crippen LogP contribution in [-0.4, -0.2) is 25.6 Å².